The van der Waals surface area contributed by atoms with Crippen molar-refractivity contribution in [3.8, 4) is 0 Å². The van der Waals surface area contributed by atoms with Gasteiger partial charge in [-0.1, -0.05) is 6.07 Å². The summed E-state index contributed by atoms with van der Waals surface area (Å²) in [6.07, 6.45) is 1.39. The van der Waals surface area contributed by atoms with Crippen LogP contribution in [0.2, 0.25) is 0 Å². The number of benzene rings is 1. The average molecular weight is 276 g/mol. The molecule has 1 aliphatic heterocycles. The van der Waals surface area contributed by atoms with Gasteiger partial charge in [0, 0.05) is 31.1 Å². The molecule has 0 fully saturated rings. The van der Waals surface area contributed by atoms with Crippen LogP contribution in [-0.2, 0) is 17.9 Å². The van der Waals surface area contributed by atoms with Crippen LogP contribution >= 0.6 is 0 Å². The maximum atomic E-state index is 12.1. The topological polar surface area (TPSA) is 78.4 Å². The summed E-state index contributed by atoms with van der Waals surface area (Å²) >= 11 is 0. The molecule has 0 saturated heterocycles. The first-order valence-corrected chi connectivity index (χ1v) is 6.91. The molecule has 1 amide bonds. The molecule has 5 nitrogen and oxygen atoms in total. The Kier molecular flexibility index (Phi) is 4.74. The summed E-state index contributed by atoms with van der Waals surface area (Å²) in [4.78, 5) is 22.5. The van der Waals surface area contributed by atoms with E-state index in [0.717, 1.165) is 13.1 Å². The molecule has 20 heavy (non-hydrogen) atoms. The molecule has 1 atom stereocenters. The first-order valence-electron chi connectivity index (χ1n) is 6.91. The number of carboxylic acids is 1. The van der Waals surface area contributed by atoms with E-state index in [1.165, 1.54) is 11.1 Å². The maximum absolute atomic E-state index is 12.1. The van der Waals surface area contributed by atoms with E-state index in [0.29, 0.717) is 18.4 Å². The molecule has 1 unspecified atom stereocenters. The average Bonchev–Trinajstić information content (AvgIpc) is 2.85. The monoisotopic (exact) mass is 276 g/mol. The number of carboxylic acid groups (broad SMARTS) is 1. The molecule has 0 aliphatic carbocycles. The minimum Gasteiger partial charge on any atom is -0.481 e. The van der Waals surface area contributed by atoms with Gasteiger partial charge in [-0.15, -0.1) is 0 Å². The van der Waals surface area contributed by atoms with Crippen LogP contribution < -0.4 is 10.6 Å². The SMILES string of the molecule is CC(CCCC(=O)O)NC(=O)c1ccc2c(c1)CNC2. The van der Waals surface area contributed by atoms with E-state index < -0.39 is 5.97 Å². The lowest BCUT2D eigenvalue weighted by Gasteiger charge is -2.13. The predicted octanol–water partition coefficient (Wildman–Crippen LogP) is 1.66. The quantitative estimate of drug-likeness (QED) is 0.738. The van der Waals surface area contributed by atoms with Gasteiger partial charge in [-0.25, -0.2) is 0 Å². The molecule has 0 radical (unpaired) electrons. The normalized spacial score (nSPS) is 14.7. The minimum atomic E-state index is -0.797. The lowest BCUT2D eigenvalue weighted by Crippen LogP contribution is -2.32. The van der Waals surface area contributed by atoms with Gasteiger partial charge in [0.1, 0.15) is 0 Å². The number of rotatable bonds is 6. The summed E-state index contributed by atoms with van der Waals surface area (Å²) in [6, 6.07) is 5.73. The van der Waals surface area contributed by atoms with Crippen LogP contribution in [0.3, 0.4) is 0 Å². The molecule has 1 heterocycles. The highest BCUT2D eigenvalue weighted by atomic mass is 16.4. The van der Waals surface area contributed by atoms with Gasteiger partial charge >= 0.3 is 5.97 Å². The van der Waals surface area contributed by atoms with Crippen LogP contribution in [0, 0.1) is 0 Å². The third kappa shape index (κ3) is 3.81. The summed E-state index contributed by atoms with van der Waals surface area (Å²) in [5, 5.41) is 14.7. The van der Waals surface area contributed by atoms with Gasteiger partial charge in [0.2, 0.25) is 0 Å². The van der Waals surface area contributed by atoms with Crippen molar-refractivity contribution in [1.29, 1.82) is 0 Å². The van der Waals surface area contributed by atoms with Crippen LogP contribution in [0.1, 0.15) is 47.7 Å². The fraction of sp³-hybridized carbons (Fsp3) is 0.467. The van der Waals surface area contributed by atoms with Gasteiger partial charge in [0.15, 0.2) is 0 Å². The van der Waals surface area contributed by atoms with E-state index in [2.05, 4.69) is 10.6 Å². The van der Waals surface area contributed by atoms with Crippen molar-refractivity contribution in [1.82, 2.24) is 10.6 Å². The zero-order chi connectivity index (χ0) is 14.5. The van der Waals surface area contributed by atoms with E-state index in [1.54, 1.807) is 0 Å². The fourth-order valence-electron chi connectivity index (χ4n) is 2.37. The summed E-state index contributed by atoms with van der Waals surface area (Å²) in [6.45, 7) is 3.57. The standard InChI is InChI=1S/C15H20N2O3/c1-10(3-2-4-14(18)19)17-15(20)11-5-6-12-8-16-9-13(12)7-11/h5-7,10,16H,2-4,8-9H2,1H3,(H,17,20)(H,18,19). The molecule has 5 heteroatoms. The smallest absolute Gasteiger partial charge is 0.303 e. The van der Waals surface area contributed by atoms with Crippen molar-refractivity contribution in [3.05, 3.63) is 34.9 Å². The number of carbonyl (C=O) groups excluding carboxylic acids is 1. The highest BCUT2D eigenvalue weighted by Gasteiger charge is 2.14. The third-order valence-corrected chi connectivity index (χ3v) is 3.50. The van der Waals surface area contributed by atoms with Crippen LogP contribution in [-0.4, -0.2) is 23.0 Å². The molecule has 0 saturated carbocycles. The van der Waals surface area contributed by atoms with Crippen molar-refractivity contribution in [3.63, 3.8) is 0 Å². The van der Waals surface area contributed by atoms with Gasteiger partial charge in [-0.2, -0.15) is 0 Å². The molecular weight excluding hydrogens is 256 g/mol. The number of hydrogen-bond acceptors (Lipinski definition) is 3. The Hall–Kier alpha value is -1.88. The Labute approximate surface area is 118 Å². The second kappa shape index (κ2) is 6.52. The van der Waals surface area contributed by atoms with Crippen molar-refractivity contribution < 1.29 is 14.7 Å². The van der Waals surface area contributed by atoms with Crippen LogP contribution in [0.25, 0.3) is 0 Å². The summed E-state index contributed by atoms with van der Waals surface area (Å²) in [7, 11) is 0. The number of fused-ring (bicyclic) bond motifs is 1. The molecular formula is C15H20N2O3. The van der Waals surface area contributed by atoms with Crippen LogP contribution in [0.15, 0.2) is 18.2 Å². The van der Waals surface area contributed by atoms with Crippen molar-refractivity contribution in [2.45, 2.75) is 45.3 Å². The number of amides is 1. The Morgan fingerprint density at radius 1 is 1.35 bits per heavy atom. The molecule has 0 bridgehead atoms. The molecule has 1 aromatic carbocycles. The maximum Gasteiger partial charge on any atom is 0.303 e. The Balaban J connectivity index is 1.86. The van der Waals surface area contributed by atoms with Gasteiger partial charge in [-0.05, 0) is 43.0 Å². The molecule has 3 N–H and O–H groups in total. The zero-order valence-corrected chi connectivity index (χ0v) is 11.6. The molecule has 1 aliphatic rings. The largest absolute Gasteiger partial charge is 0.481 e. The Morgan fingerprint density at radius 2 is 2.10 bits per heavy atom. The Bertz CT molecular complexity index is 514. The lowest BCUT2D eigenvalue weighted by atomic mass is 10.1. The van der Waals surface area contributed by atoms with E-state index in [9.17, 15) is 9.59 Å². The summed E-state index contributed by atoms with van der Waals surface area (Å²) in [5.41, 5.74) is 3.09. The summed E-state index contributed by atoms with van der Waals surface area (Å²) < 4.78 is 0. The van der Waals surface area contributed by atoms with Crippen molar-refractivity contribution in [2.75, 3.05) is 0 Å². The number of hydrogen-bond donors (Lipinski definition) is 3. The number of carbonyl (C=O) groups is 2. The summed E-state index contributed by atoms with van der Waals surface area (Å²) in [5.74, 6) is -0.892. The highest BCUT2D eigenvalue weighted by molar-refractivity contribution is 5.94. The first kappa shape index (κ1) is 14.5. The number of nitrogens with one attached hydrogen (secondary N) is 2. The van der Waals surface area contributed by atoms with Gasteiger partial charge in [0.25, 0.3) is 5.91 Å². The van der Waals surface area contributed by atoms with E-state index in [1.807, 2.05) is 25.1 Å². The second-order valence-corrected chi connectivity index (χ2v) is 5.25. The minimum absolute atomic E-state index is 0.0202. The molecule has 0 spiro atoms. The van der Waals surface area contributed by atoms with E-state index >= 15 is 0 Å². The molecule has 1 aromatic rings. The zero-order valence-electron chi connectivity index (χ0n) is 11.6. The van der Waals surface area contributed by atoms with Crippen LogP contribution in [0.5, 0.6) is 0 Å². The molecule has 108 valence electrons. The van der Waals surface area contributed by atoms with Gasteiger partial charge in [0.05, 0.1) is 0 Å². The van der Waals surface area contributed by atoms with E-state index in [-0.39, 0.29) is 18.4 Å². The predicted molar refractivity (Wildman–Crippen MR) is 75.4 cm³/mol. The van der Waals surface area contributed by atoms with Crippen molar-refractivity contribution >= 4 is 11.9 Å². The van der Waals surface area contributed by atoms with Gasteiger partial charge < -0.3 is 15.7 Å². The molecule has 0 aromatic heterocycles. The first-order chi connectivity index (χ1) is 9.56. The highest BCUT2D eigenvalue weighted by Crippen LogP contribution is 2.17. The second-order valence-electron chi connectivity index (χ2n) is 5.25. The molecule has 2 rings (SSSR count). The number of aliphatic carboxylic acids is 1. The fourth-order valence-corrected chi connectivity index (χ4v) is 2.37. The van der Waals surface area contributed by atoms with Crippen molar-refractivity contribution in [2.24, 2.45) is 0 Å². The lowest BCUT2D eigenvalue weighted by molar-refractivity contribution is -0.137. The Morgan fingerprint density at radius 3 is 2.85 bits per heavy atom. The third-order valence-electron chi connectivity index (χ3n) is 3.50. The van der Waals surface area contributed by atoms with E-state index in [4.69, 9.17) is 5.11 Å². The van der Waals surface area contributed by atoms with Gasteiger partial charge in [-0.3, -0.25) is 9.59 Å². The van der Waals surface area contributed by atoms with Crippen LogP contribution in [0.4, 0.5) is 0 Å².